The minimum atomic E-state index is -3.81. The van der Waals surface area contributed by atoms with Gasteiger partial charge in [-0.15, -0.1) is 0 Å². The fraction of sp³-hybridized carbons (Fsp3) is 1.00. The van der Waals surface area contributed by atoms with Crippen LogP contribution in [0.1, 0.15) is 26.2 Å². The van der Waals surface area contributed by atoms with E-state index in [0.717, 1.165) is 19.3 Å². The zero-order chi connectivity index (χ0) is 8.04. The minimum absolute atomic E-state index is 0.428. The lowest BCUT2D eigenvalue weighted by Gasteiger charge is -2.03. The first-order chi connectivity index (χ1) is 4.56. The summed E-state index contributed by atoms with van der Waals surface area (Å²) in [5, 5.41) is 0. The normalized spacial score (nSPS) is 13.2. The summed E-state index contributed by atoms with van der Waals surface area (Å²) in [5.41, 5.74) is 0. The Hall–Kier alpha value is 0.00688. The Bertz CT molecular complexity index is 79.6. The molecule has 0 aromatic heterocycles. The van der Waals surface area contributed by atoms with Crippen molar-refractivity contribution in [2.24, 2.45) is 0 Å². The van der Waals surface area contributed by atoms with Crippen molar-refractivity contribution < 1.29 is 13.2 Å². The highest BCUT2D eigenvalue weighted by Gasteiger charge is 2.25. The molecular weight excluding hydrogens is 157 g/mol. The molecule has 0 amide bonds. The van der Waals surface area contributed by atoms with E-state index in [9.17, 15) is 13.2 Å². The van der Waals surface area contributed by atoms with E-state index in [1.807, 2.05) is 6.92 Å². The van der Waals surface area contributed by atoms with Gasteiger partial charge in [0.1, 0.15) is 0 Å². The molecule has 62 valence electrons. The molecule has 0 unspecified atom stereocenters. The number of rotatable bonds is 4. The Kier molecular flexibility index (Phi) is 4.77. The topological polar surface area (TPSA) is 0 Å². The highest BCUT2D eigenvalue weighted by atomic mass is 28.2. The summed E-state index contributed by atoms with van der Waals surface area (Å²) in [6.45, 7) is 2.00. The van der Waals surface area contributed by atoms with E-state index >= 15 is 0 Å². The van der Waals surface area contributed by atoms with Crippen molar-refractivity contribution in [1.29, 1.82) is 0 Å². The summed E-state index contributed by atoms with van der Waals surface area (Å²) >= 11 is 0. The zero-order valence-corrected chi connectivity index (χ0v) is 7.58. The van der Waals surface area contributed by atoms with Crippen molar-refractivity contribution in [1.82, 2.24) is 0 Å². The van der Waals surface area contributed by atoms with Crippen LogP contribution in [0.15, 0.2) is 0 Å². The second kappa shape index (κ2) is 4.77. The molecule has 0 atom stereocenters. The zero-order valence-electron chi connectivity index (χ0n) is 6.17. The Morgan fingerprint density at radius 2 is 1.80 bits per heavy atom. The van der Waals surface area contributed by atoms with Crippen molar-refractivity contribution in [2.75, 3.05) is 0 Å². The fourth-order valence-corrected chi connectivity index (χ4v) is 1.76. The first-order valence-corrected chi connectivity index (χ1v) is 5.33. The molecule has 0 fully saturated rings. The molecule has 0 bridgehead atoms. The van der Waals surface area contributed by atoms with Gasteiger partial charge in [0.25, 0.3) is 0 Å². The monoisotopic (exact) mass is 170 g/mol. The van der Waals surface area contributed by atoms with Gasteiger partial charge in [0.15, 0.2) is 9.52 Å². The van der Waals surface area contributed by atoms with Gasteiger partial charge < -0.3 is 0 Å². The molecule has 4 heteroatoms. The standard InChI is InChI=1S/C6H13F3Si/c1-2-3-4-5-10-6(7,8)9/h2-5,10H2,1H3. The molecule has 0 aromatic carbocycles. The number of alkyl halides is 3. The van der Waals surface area contributed by atoms with Gasteiger partial charge in [-0.1, -0.05) is 32.2 Å². The molecule has 0 rings (SSSR count). The van der Waals surface area contributed by atoms with Crippen LogP contribution in [0.5, 0.6) is 0 Å². The molecule has 0 heterocycles. The van der Waals surface area contributed by atoms with Crippen LogP contribution >= 0.6 is 0 Å². The second-order valence-corrected chi connectivity index (χ2v) is 4.43. The maximum Gasteiger partial charge on any atom is 0.354 e. The van der Waals surface area contributed by atoms with Gasteiger partial charge in [0.2, 0.25) is 0 Å². The SMILES string of the molecule is CCCCC[SiH2]C(F)(F)F. The van der Waals surface area contributed by atoms with Crippen molar-refractivity contribution in [3.63, 3.8) is 0 Å². The third-order valence-electron chi connectivity index (χ3n) is 1.31. The Labute approximate surface area is 61.6 Å². The summed E-state index contributed by atoms with van der Waals surface area (Å²) in [5.74, 6) is -3.81. The number of unbranched alkanes of at least 4 members (excludes halogenated alkanes) is 2. The summed E-state index contributed by atoms with van der Waals surface area (Å²) < 4.78 is 34.6. The van der Waals surface area contributed by atoms with E-state index in [1.165, 1.54) is 0 Å². The van der Waals surface area contributed by atoms with Gasteiger partial charge in [-0.2, -0.15) is 13.2 Å². The number of hydrogen-bond acceptors (Lipinski definition) is 0. The first-order valence-electron chi connectivity index (χ1n) is 3.63. The average Bonchev–Trinajstić information content (AvgIpc) is 1.78. The van der Waals surface area contributed by atoms with E-state index in [2.05, 4.69) is 0 Å². The Balaban J connectivity index is 3.04. The van der Waals surface area contributed by atoms with E-state index < -0.39 is 15.3 Å². The molecule has 0 spiro atoms. The smallest absolute Gasteiger partial charge is 0.178 e. The molecule has 0 aromatic rings. The predicted octanol–water partition coefficient (Wildman–Crippen LogP) is 2.28. The summed E-state index contributed by atoms with van der Waals surface area (Å²) in [7, 11) is -1.77. The highest BCUT2D eigenvalue weighted by molar-refractivity contribution is 6.37. The Morgan fingerprint density at radius 3 is 2.20 bits per heavy atom. The van der Waals surface area contributed by atoms with Crippen LogP contribution < -0.4 is 0 Å². The third-order valence-corrected chi connectivity index (χ3v) is 2.73. The fourth-order valence-electron chi connectivity index (χ4n) is 0.752. The van der Waals surface area contributed by atoms with Crippen LogP contribution in [0.2, 0.25) is 6.04 Å². The van der Waals surface area contributed by atoms with Crippen LogP contribution in [0, 0.1) is 0 Å². The van der Waals surface area contributed by atoms with Crippen LogP contribution in [-0.4, -0.2) is 15.3 Å². The van der Waals surface area contributed by atoms with Crippen LogP contribution in [0.25, 0.3) is 0 Å². The quantitative estimate of drug-likeness (QED) is 0.448. The molecule has 0 saturated carbocycles. The van der Waals surface area contributed by atoms with E-state index in [4.69, 9.17) is 0 Å². The average molecular weight is 170 g/mol. The molecular formula is C6H13F3Si. The minimum Gasteiger partial charge on any atom is -0.178 e. The lowest BCUT2D eigenvalue weighted by molar-refractivity contribution is -0.0472. The lowest BCUT2D eigenvalue weighted by Crippen LogP contribution is -2.17. The second-order valence-electron chi connectivity index (χ2n) is 2.43. The summed E-state index contributed by atoms with van der Waals surface area (Å²) in [4.78, 5) is 0. The molecule has 0 N–H and O–H groups in total. The van der Waals surface area contributed by atoms with Crippen LogP contribution in [0.3, 0.4) is 0 Å². The van der Waals surface area contributed by atoms with Crippen molar-refractivity contribution >= 4 is 9.52 Å². The van der Waals surface area contributed by atoms with Crippen molar-refractivity contribution in [3.8, 4) is 0 Å². The van der Waals surface area contributed by atoms with Crippen molar-refractivity contribution in [2.45, 2.75) is 38.0 Å². The highest BCUT2D eigenvalue weighted by Crippen LogP contribution is 2.15. The molecule has 10 heavy (non-hydrogen) atoms. The molecule has 0 saturated heterocycles. The Morgan fingerprint density at radius 1 is 1.20 bits per heavy atom. The van der Waals surface area contributed by atoms with Gasteiger partial charge in [-0.05, 0) is 0 Å². The van der Waals surface area contributed by atoms with Gasteiger partial charge in [-0.3, -0.25) is 0 Å². The first kappa shape index (κ1) is 10.0. The number of hydrogen-bond donors (Lipinski definition) is 0. The maximum absolute atomic E-state index is 11.5. The lowest BCUT2D eigenvalue weighted by atomic mass is 10.3. The van der Waals surface area contributed by atoms with E-state index in [-0.39, 0.29) is 0 Å². The van der Waals surface area contributed by atoms with Gasteiger partial charge in [0.05, 0.1) is 0 Å². The molecule has 0 nitrogen and oxygen atoms in total. The van der Waals surface area contributed by atoms with Gasteiger partial charge in [-0.25, -0.2) is 0 Å². The largest absolute Gasteiger partial charge is 0.354 e. The molecule has 0 radical (unpaired) electrons. The predicted molar refractivity (Wildman–Crippen MR) is 38.9 cm³/mol. The van der Waals surface area contributed by atoms with E-state index in [1.54, 1.807) is 0 Å². The van der Waals surface area contributed by atoms with Crippen molar-refractivity contribution in [3.05, 3.63) is 0 Å². The number of halogens is 3. The van der Waals surface area contributed by atoms with Gasteiger partial charge >= 0.3 is 5.80 Å². The molecule has 0 aliphatic carbocycles. The van der Waals surface area contributed by atoms with Crippen LogP contribution in [0.4, 0.5) is 13.2 Å². The molecule has 0 aliphatic heterocycles. The third kappa shape index (κ3) is 8.01. The van der Waals surface area contributed by atoms with E-state index in [0.29, 0.717) is 6.04 Å². The van der Waals surface area contributed by atoms with Crippen LogP contribution in [-0.2, 0) is 0 Å². The molecule has 0 aliphatic rings. The maximum atomic E-state index is 11.5. The summed E-state index contributed by atoms with van der Waals surface area (Å²) in [6, 6.07) is 0.428. The van der Waals surface area contributed by atoms with Gasteiger partial charge in [0, 0.05) is 0 Å². The summed E-state index contributed by atoms with van der Waals surface area (Å²) in [6.07, 6.45) is 2.72.